The van der Waals surface area contributed by atoms with Crippen LogP contribution in [-0.4, -0.2) is 38.4 Å². The Morgan fingerprint density at radius 2 is 2.29 bits per heavy atom. The van der Waals surface area contributed by atoms with Crippen LogP contribution >= 0.6 is 0 Å². The molecule has 0 aliphatic heterocycles. The van der Waals surface area contributed by atoms with E-state index < -0.39 is 12.0 Å². The van der Waals surface area contributed by atoms with E-state index in [9.17, 15) is 9.90 Å². The molecule has 2 rings (SSSR count). The Bertz CT molecular complexity index is 431. The number of nitrogens with zero attached hydrogens (tertiary/aromatic N) is 2. The number of imidazole rings is 1. The van der Waals surface area contributed by atoms with Gasteiger partial charge < -0.3 is 26.2 Å². The predicted molar refractivity (Wildman–Crippen MR) is 60.0 cm³/mol. The number of aliphatic hydroxyl groups excluding tert-OH is 2. The summed E-state index contributed by atoms with van der Waals surface area (Å²) < 4.78 is 1.64. The summed E-state index contributed by atoms with van der Waals surface area (Å²) in [5.41, 5.74) is 10.9. The van der Waals surface area contributed by atoms with Gasteiger partial charge in [-0.15, -0.1) is 0 Å². The summed E-state index contributed by atoms with van der Waals surface area (Å²) in [6.07, 6.45) is 2.00. The Morgan fingerprint density at radius 3 is 2.76 bits per heavy atom. The summed E-state index contributed by atoms with van der Waals surface area (Å²) in [6.45, 7) is -0.0606. The molecule has 1 aliphatic rings. The Balaban J connectivity index is 2.22. The number of carbonyl (C=O) groups excluding carboxylic acids is 1. The summed E-state index contributed by atoms with van der Waals surface area (Å²) in [5.74, 6) is -0.606. The average molecular weight is 240 g/mol. The molecule has 17 heavy (non-hydrogen) atoms. The van der Waals surface area contributed by atoms with Gasteiger partial charge in [0, 0.05) is 18.6 Å². The molecule has 1 aromatic rings. The van der Waals surface area contributed by atoms with Crippen molar-refractivity contribution in [2.75, 3.05) is 12.3 Å². The molecule has 1 fully saturated rings. The molecule has 0 spiro atoms. The van der Waals surface area contributed by atoms with Gasteiger partial charge in [-0.25, -0.2) is 4.98 Å². The van der Waals surface area contributed by atoms with E-state index in [4.69, 9.17) is 16.6 Å². The van der Waals surface area contributed by atoms with E-state index in [2.05, 4.69) is 4.98 Å². The second-order valence-corrected chi connectivity index (χ2v) is 4.39. The van der Waals surface area contributed by atoms with Crippen LogP contribution in [0, 0.1) is 5.92 Å². The minimum Gasteiger partial charge on any atom is -0.396 e. The van der Waals surface area contributed by atoms with Gasteiger partial charge in [0.2, 0.25) is 0 Å². The van der Waals surface area contributed by atoms with E-state index in [1.807, 2.05) is 0 Å². The first-order chi connectivity index (χ1) is 8.04. The first-order valence-corrected chi connectivity index (χ1v) is 5.45. The highest BCUT2D eigenvalue weighted by Gasteiger charge is 2.34. The van der Waals surface area contributed by atoms with Crippen LogP contribution < -0.4 is 11.5 Å². The molecule has 1 saturated carbocycles. The van der Waals surface area contributed by atoms with Crippen molar-refractivity contribution in [1.29, 1.82) is 0 Å². The number of aliphatic hydroxyl groups is 2. The fourth-order valence-corrected chi connectivity index (χ4v) is 2.35. The second-order valence-electron chi connectivity index (χ2n) is 4.39. The van der Waals surface area contributed by atoms with Gasteiger partial charge in [0.15, 0.2) is 5.69 Å². The number of anilines is 1. The zero-order chi connectivity index (χ0) is 12.6. The molecule has 0 bridgehead atoms. The van der Waals surface area contributed by atoms with Crippen LogP contribution in [0.15, 0.2) is 6.33 Å². The van der Waals surface area contributed by atoms with Crippen LogP contribution in [-0.2, 0) is 0 Å². The third kappa shape index (κ3) is 1.98. The molecule has 0 radical (unpaired) electrons. The van der Waals surface area contributed by atoms with Gasteiger partial charge in [-0.1, -0.05) is 0 Å². The molecule has 6 N–H and O–H groups in total. The van der Waals surface area contributed by atoms with E-state index in [1.54, 1.807) is 4.57 Å². The fraction of sp³-hybridized carbons (Fsp3) is 0.600. The number of hydrogen-bond donors (Lipinski definition) is 4. The van der Waals surface area contributed by atoms with E-state index in [1.165, 1.54) is 6.33 Å². The summed E-state index contributed by atoms with van der Waals surface area (Å²) in [7, 11) is 0. The molecule has 0 aromatic carbocycles. The van der Waals surface area contributed by atoms with Crippen molar-refractivity contribution in [3.8, 4) is 0 Å². The standard InChI is InChI=1S/C10H16N4O3/c11-9-8(10(12)17)13-4-14(9)6-1-5(3-15)7(16)2-6/h4-7,15-16H,1-3,11H2,(H2,12,17)/t5-,6-,7+/m1/s1. The summed E-state index contributed by atoms with van der Waals surface area (Å²) in [5, 5.41) is 18.8. The number of nitrogens with two attached hydrogens (primary N) is 2. The monoisotopic (exact) mass is 240 g/mol. The van der Waals surface area contributed by atoms with Gasteiger partial charge in [-0.3, -0.25) is 4.79 Å². The summed E-state index contributed by atoms with van der Waals surface area (Å²) in [6, 6.07) is -0.0530. The van der Waals surface area contributed by atoms with Crippen molar-refractivity contribution >= 4 is 11.7 Å². The zero-order valence-corrected chi connectivity index (χ0v) is 9.28. The fourth-order valence-electron chi connectivity index (χ4n) is 2.35. The number of amides is 1. The highest BCUT2D eigenvalue weighted by atomic mass is 16.3. The van der Waals surface area contributed by atoms with Crippen LogP contribution in [0.25, 0.3) is 0 Å². The van der Waals surface area contributed by atoms with Gasteiger partial charge in [0.25, 0.3) is 5.91 Å². The third-order valence-corrected chi connectivity index (χ3v) is 3.33. The Morgan fingerprint density at radius 1 is 1.59 bits per heavy atom. The van der Waals surface area contributed by atoms with Crippen molar-refractivity contribution < 1.29 is 15.0 Å². The van der Waals surface area contributed by atoms with Crippen LogP contribution in [0.2, 0.25) is 0 Å². The number of rotatable bonds is 3. The van der Waals surface area contributed by atoms with Crippen LogP contribution in [0.1, 0.15) is 29.4 Å². The lowest BCUT2D eigenvalue weighted by molar-refractivity contribution is 0.0906. The van der Waals surface area contributed by atoms with Crippen LogP contribution in [0.5, 0.6) is 0 Å². The molecule has 0 saturated heterocycles. The topological polar surface area (TPSA) is 127 Å². The normalized spacial score (nSPS) is 28.5. The summed E-state index contributed by atoms with van der Waals surface area (Å²) >= 11 is 0. The predicted octanol–water partition coefficient (Wildman–Crippen LogP) is -1.13. The van der Waals surface area contributed by atoms with E-state index >= 15 is 0 Å². The first kappa shape index (κ1) is 11.9. The Hall–Kier alpha value is -1.60. The Labute approximate surface area is 98.0 Å². The second kappa shape index (κ2) is 4.34. The van der Waals surface area contributed by atoms with E-state index in [-0.39, 0.29) is 30.1 Å². The molecule has 1 heterocycles. The number of nitrogen functional groups attached to an aromatic ring is 1. The molecule has 0 unspecified atom stereocenters. The lowest BCUT2D eigenvalue weighted by atomic mass is 10.1. The van der Waals surface area contributed by atoms with Gasteiger partial charge >= 0.3 is 0 Å². The smallest absolute Gasteiger partial charge is 0.271 e. The van der Waals surface area contributed by atoms with Crippen LogP contribution in [0.4, 0.5) is 5.82 Å². The van der Waals surface area contributed by atoms with Crippen LogP contribution in [0.3, 0.4) is 0 Å². The largest absolute Gasteiger partial charge is 0.396 e. The molecule has 3 atom stereocenters. The zero-order valence-electron chi connectivity index (χ0n) is 9.28. The van der Waals surface area contributed by atoms with E-state index in [0.717, 1.165) is 0 Å². The number of primary amides is 1. The first-order valence-electron chi connectivity index (χ1n) is 5.45. The molecular formula is C10H16N4O3. The SMILES string of the molecule is NC(=O)c1ncn([C@@H]2C[C@H](CO)[C@@H](O)C2)c1N. The van der Waals surface area contributed by atoms with Crippen molar-refractivity contribution in [2.24, 2.45) is 11.7 Å². The number of hydrogen-bond acceptors (Lipinski definition) is 5. The van der Waals surface area contributed by atoms with E-state index in [0.29, 0.717) is 12.8 Å². The Kier molecular flexibility index (Phi) is 3.03. The quantitative estimate of drug-likeness (QED) is 0.531. The lowest BCUT2D eigenvalue weighted by Gasteiger charge is -2.13. The van der Waals surface area contributed by atoms with Crippen molar-refractivity contribution in [3.63, 3.8) is 0 Å². The highest BCUT2D eigenvalue weighted by molar-refractivity contribution is 5.95. The molecule has 7 nitrogen and oxygen atoms in total. The van der Waals surface area contributed by atoms with Crippen molar-refractivity contribution in [1.82, 2.24) is 9.55 Å². The van der Waals surface area contributed by atoms with Gasteiger partial charge in [-0.2, -0.15) is 0 Å². The van der Waals surface area contributed by atoms with Gasteiger partial charge in [-0.05, 0) is 12.8 Å². The van der Waals surface area contributed by atoms with Crippen molar-refractivity contribution in [3.05, 3.63) is 12.0 Å². The minimum atomic E-state index is -0.668. The lowest BCUT2D eigenvalue weighted by Crippen LogP contribution is -2.16. The van der Waals surface area contributed by atoms with Gasteiger partial charge in [0.1, 0.15) is 5.82 Å². The van der Waals surface area contributed by atoms with Gasteiger partial charge in [0.05, 0.1) is 12.4 Å². The minimum absolute atomic E-state index is 0.0481. The molecule has 1 aliphatic carbocycles. The summed E-state index contributed by atoms with van der Waals surface area (Å²) in [4.78, 5) is 14.9. The third-order valence-electron chi connectivity index (χ3n) is 3.33. The number of carbonyl (C=O) groups is 1. The molecule has 1 amide bonds. The highest BCUT2D eigenvalue weighted by Crippen LogP contribution is 2.36. The maximum Gasteiger partial charge on any atom is 0.271 e. The average Bonchev–Trinajstić information content (AvgIpc) is 2.81. The maximum absolute atomic E-state index is 11.0. The molecular weight excluding hydrogens is 224 g/mol. The molecule has 94 valence electrons. The molecule has 7 heteroatoms. The van der Waals surface area contributed by atoms with Crippen molar-refractivity contribution in [2.45, 2.75) is 25.0 Å². The molecule has 1 aromatic heterocycles. The maximum atomic E-state index is 11.0. The number of aromatic nitrogens is 2.